The Balaban J connectivity index is 1.14. The van der Waals surface area contributed by atoms with E-state index in [2.05, 4.69) is 15.1 Å². The van der Waals surface area contributed by atoms with Gasteiger partial charge in [-0.15, -0.1) is 0 Å². The number of likely N-dealkylation sites (tertiary alicyclic amines) is 1. The summed E-state index contributed by atoms with van der Waals surface area (Å²) in [6, 6.07) is 5.38. The summed E-state index contributed by atoms with van der Waals surface area (Å²) in [4.78, 5) is 22.6. The van der Waals surface area contributed by atoms with Crippen molar-refractivity contribution < 1.29 is 26.9 Å². The number of fused-ring (bicyclic) bond motifs is 1. The molecule has 0 N–H and O–H groups in total. The summed E-state index contributed by atoms with van der Waals surface area (Å²) in [5.41, 5.74) is 0.793. The van der Waals surface area contributed by atoms with Crippen LogP contribution in [0, 0.1) is 17.2 Å². The predicted octanol–water partition coefficient (Wildman–Crippen LogP) is 2.72. The van der Waals surface area contributed by atoms with Crippen LogP contribution in [-0.4, -0.2) is 65.2 Å². The van der Waals surface area contributed by atoms with Gasteiger partial charge >= 0.3 is 6.09 Å². The largest absolute Gasteiger partial charge is 0.451 e. The van der Waals surface area contributed by atoms with Crippen LogP contribution in [0.15, 0.2) is 27.3 Å². The topological polar surface area (TPSA) is 152 Å². The maximum absolute atomic E-state index is 12.5. The van der Waals surface area contributed by atoms with Gasteiger partial charge in [0.25, 0.3) is 5.89 Å². The number of sulfone groups is 1. The van der Waals surface area contributed by atoms with E-state index in [9.17, 15) is 18.5 Å². The van der Waals surface area contributed by atoms with E-state index in [1.165, 1.54) is 6.20 Å². The zero-order valence-corrected chi connectivity index (χ0v) is 19.2. The highest BCUT2D eigenvalue weighted by Gasteiger charge is 2.30. The van der Waals surface area contributed by atoms with Gasteiger partial charge in [-0.05, 0) is 37.7 Å². The summed E-state index contributed by atoms with van der Waals surface area (Å²) >= 11 is 0. The number of pyridine rings is 1. The fourth-order valence-corrected chi connectivity index (χ4v) is 5.82. The molecule has 1 amide bonds. The number of hydrogen-bond acceptors (Lipinski definition) is 10. The SMILES string of the molecule is N#Cc1nccc2oc(-c3nc(CC4CCN(C(=O)OC5CCS(=O)(=O)CC5)CC4)no3)cc12. The van der Waals surface area contributed by atoms with Gasteiger partial charge < -0.3 is 18.6 Å². The second-order valence-electron chi connectivity index (χ2n) is 8.68. The average Bonchev–Trinajstić information content (AvgIpc) is 3.47. The number of furan rings is 1. The van der Waals surface area contributed by atoms with Crippen molar-refractivity contribution in [3.63, 3.8) is 0 Å². The number of amides is 1. The number of carbonyl (C=O) groups excluding carboxylic acids is 1. The first-order valence-electron chi connectivity index (χ1n) is 11.2. The Labute approximate surface area is 195 Å². The molecule has 11 nitrogen and oxygen atoms in total. The molecular weight excluding hydrogens is 462 g/mol. The molecule has 2 saturated heterocycles. The number of rotatable bonds is 4. The lowest BCUT2D eigenvalue weighted by atomic mass is 9.93. The Morgan fingerprint density at radius 3 is 2.74 bits per heavy atom. The number of ether oxygens (including phenoxy) is 1. The van der Waals surface area contributed by atoms with Gasteiger partial charge in [-0.2, -0.15) is 10.2 Å². The number of aromatic nitrogens is 3. The van der Waals surface area contributed by atoms with E-state index in [1.807, 2.05) is 6.07 Å². The van der Waals surface area contributed by atoms with Crippen molar-refractivity contribution in [1.82, 2.24) is 20.0 Å². The highest BCUT2D eigenvalue weighted by atomic mass is 32.2. The quantitative estimate of drug-likeness (QED) is 0.539. The van der Waals surface area contributed by atoms with E-state index in [0.29, 0.717) is 60.8 Å². The molecular formula is C22H23N5O6S. The Morgan fingerprint density at radius 2 is 2.00 bits per heavy atom. The Kier molecular flexibility index (Phi) is 5.95. The minimum atomic E-state index is -2.99. The van der Waals surface area contributed by atoms with E-state index in [4.69, 9.17) is 13.7 Å². The first-order valence-corrected chi connectivity index (χ1v) is 13.0. The van der Waals surface area contributed by atoms with Crippen LogP contribution >= 0.6 is 0 Å². The molecule has 2 fully saturated rings. The van der Waals surface area contributed by atoms with Gasteiger partial charge in [0, 0.05) is 31.8 Å². The molecule has 3 aromatic heterocycles. The second-order valence-corrected chi connectivity index (χ2v) is 11.0. The molecule has 12 heteroatoms. The number of hydrogen-bond donors (Lipinski definition) is 0. The first kappa shape index (κ1) is 22.3. The number of nitriles is 1. The van der Waals surface area contributed by atoms with Crippen LogP contribution in [0.1, 0.15) is 37.2 Å². The van der Waals surface area contributed by atoms with E-state index in [-0.39, 0.29) is 35.3 Å². The standard InChI is InChI=1S/C22H23N5O6S/c23-13-17-16-12-19(32-18(16)1-6-24-17)21-25-20(26-33-21)11-14-2-7-27(8-3-14)22(28)31-15-4-9-34(29,30)10-5-15/h1,6,12,14-15H,2-5,7-11H2. The van der Waals surface area contributed by atoms with Crippen LogP contribution in [0.4, 0.5) is 4.79 Å². The smallest absolute Gasteiger partial charge is 0.410 e. The molecule has 34 heavy (non-hydrogen) atoms. The van der Waals surface area contributed by atoms with Crippen molar-refractivity contribution in [3.05, 3.63) is 29.8 Å². The van der Waals surface area contributed by atoms with Crippen LogP contribution in [-0.2, 0) is 21.0 Å². The summed E-state index contributed by atoms with van der Waals surface area (Å²) in [7, 11) is -2.99. The Morgan fingerprint density at radius 1 is 1.24 bits per heavy atom. The monoisotopic (exact) mass is 485 g/mol. The summed E-state index contributed by atoms with van der Waals surface area (Å²) in [6.07, 6.45) is 3.70. The van der Waals surface area contributed by atoms with Crippen molar-refractivity contribution >= 4 is 26.9 Å². The normalized spacial score (nSPS) is 19.2. The van der Waals surface area contributed by atoms with Gasteiger partial charge in [0.2, 0.25) is 0 Å². The van der Waals surface area contributed by atoms with Gasteiger partial charge in [-0.3, -0.25) is 0 Å². The molecule has 5 rings (SSSR count). The van der Waals surface area contributed by atoms with Crippen LogP contribution in [0.5, 0.6) is 0 Å². The second kappa shape index (κ2) is 9.06. The minimum absolute atomic E-state index is 0.0735. The summed E-state index contributed by atoms with van der Waals surface area (Å²) in [5, 5.41) is 13.8. The van der Waals surface area contributed by atoms with Crippen molar-refractivity contribution in [2.75, 3.05) is 24.6 Å². The molecule has 0 aromatic carbocycles. The molecule has 5 heterocycles. The minimum Gasteiger partial charge on any atom is -0.451 e. The number of nitrogens with zero attached hydrogens (tertiary/aromatic N) is 5. The Bertz CT molecular complexity index is 1340. The lowest BCUT2D eigenvalue weighted by Gasteiger charge is -2.32. The van der Waals surface area contributed by atoms with E-state index < -0.39 is 9.84 Å². The fourth-order valence-electron chi connectivity index (χ4n) is 4.38. The van der Waals surface area contributed by atoms with Crippen molar-refractivity contribution in [2.24, 2.45) is 5.92 Å². The third kappa shape index (κ3) is 4.75. The first-order chi connectivity index (χ1) is 16.4. The van der Waals surface area contributed by atoms with Crippen molar-refractivity contribution in [3.8, 4) is 17.7 Å². The molecule has 0 spiro atoms. The predicted molar refractivity (Wildman–Crippen MR) is 118 cm³/mol. The van der Waals surface area contributed by atoms with Crippen LogP contribution in [0.3, 0.4) is 0 Å². The van der Waals surface area contributed by atoms with Gasteiger partial charge in [0.15, 0.2) is 27.1 Å². The maximum Gasteiger partial charge on any atom is 0.410 e. The zero-order valence-electron chi connectivity index (χ0n) is 18.3. The van der Waals surface area contributed by atoms with Crippen molar-refractivity contribution in [2.45, 2.75) is 38.2 Å². The van der Waals surface area contributed by atoms with Gasteiger partial charge in [0.1, 0.15) is 17.8 Å². The zero-order chi connectivity index (χ0) is 23.7. The Hall–Kier alpha value is -3.46. The van der Waals surface area contributed by atoms with Gasteiger partial charge in [0.05, 0.1) is 16.9 Å². The molecule has 0 radical (unpaired) electrons. The third-order valence-electron chi connectivity index (χ3n) is 6.34. The number of carbonyl (C=O) groups is 1. The fraction of sp³-hybridized carbons (Fsp3) is 0.500. The van der Waals surface area contributed by atoms with E-state index in [0.717, 1.165) is 12.8 Å². The summed E-state index contributed by atoms with van der Waals surface area (Å²) < 4.78 is 39.7. The van der Waals surface area contributed by atoms with E-state index in [1.54, 1.807) is 17.0 Å². The lowest BCUT2D eigenvalue weighted by molar-refractivity contribution is 0.0489. The van der Waals surface area contributed by atoms with Crippen LogP contribution in [0.25, 0.3) is 22.6 Å². The van der Waals surface area contributed by atoms with Gasteiger partial charge in [-0.1, -0.05) is 5.16 Å². The van der Waals surface area contributed by atoms with E-state index >= 15 is 0 Å². The summed E-state index contributed by atoms with van der Waals surface area (Å²) in [5.74, 6) is 1.61. The molecule has 0 atom stereocenters. The third-order valence-corrected chi connectivity index (χ3v) is 8.06. The molecule has 0 saturated carbocycles. The highest BCUT2D eigenvalue weighted by Crippen LogP contribution is 2.29. The van der Waals surface area contributed by atoms with Crippen LogP contribution in [0.2, 0.25) is 0 Å². The molecule has 0 unspecified atom stereocenters. The lowest BCUT2D eigenvalue weighted by Crippen LogP contribution is -2.42. The van der Waals surface area contributed by atoms with Crippen molar-refractivity contribution in [1.29, 1.82) is 5.26 Å². The number of piperidine rings is 1. The molecule has 2 aliphatic heterocycles. The molecule has 0 bridgehead atoms. The average molecular weight is 486 g/mol. The van der Waals surface area contributed by atoms with Gasteiger partial charge in [-0.25, -0.2) is 18.2 Å². The molecule has 2 aliphatic rings. The maximum atomic E-state index is 12.5. The molecule has 3 aromatic rings. The molecule has 0 aliphatic carbocycles. The highest BCUT2D eigenvalue weighted by molar-refractivity contribution is 7.91. The van der Waals surface area contributed by atoms with Crippen LogP contribution < -0.4 is 0 Å². The molecule has 178 valence electrons. The summed E-state index contributed by atoms with van der Waals surface area (Å²) in [6.45, 7) is 1.12.